The van der Waals surface area contributed by atoms with Crippen LogP contribution < -0.4 is 5.32 Å². The third-order valence-electron chi connectivity index (χ3n) is 2.45. The van der Waals surface area contributed by atoms with E-state index < -0.39 is 4.92 Å². The minimum Gasteiger partial charge on any atom is -0.353 e. The largest absolute Gasteiger partial charge is 0.353 e. The highest BCUT2D eigenvalue weighted by atomic mass is 32.2. The first kappa shape index (κ1) is 15.4. The predicted molar refractivity (Wildman–Crippen MR) is 82.2 cm³/mol. The van der Waals surface area contributed by atoms with Crippen LogP contribution in [0, 0.1) is 10.1 Å². The fourth-order valence-electron chi connectivity index (χ4n) is 1.51. The number of ketones is 1. The number of benzene rings is 1. The van der Waals surface area contributed by atoms with Crippen LogP contribution in [0.1, 0.15) is 17.3 Å². The van der Waals surface area contributed by atoms with E-state index in [2.05, 4.69) is 15.5 Å². The van der Waals surface area contributed by atoms with Crippen LogP contribution in [0.15, 0.2) is 28.6 Å². The smallest absolute Gasteiger partial charge is 0.270 e. The normalized spacial score (nSPS) is 10.3. The zero-order valence-electron chi connectivity index (χ0n) is 11.1. The minimum absolute atomic E-state index is 0.0204. The van der Waals surface area contributed by atoms with Crippen LogP contribution in [0.2, 0.25) is 0 Å². The molecule has 2 rings (SSSR count). The molecule has 7 nitrogen and oxygen atoms in total. The minimum atomic E-state index is -0.525. The molecule has 110 valence electrons. The molecule has 1 heterocycles. The van der Waals surface area contributed by atoms with Crippen molar-refractivity contribution < 1.29 is 9.72 Å². The standard InChI is InChI=1S/C12H12N4O3S2/c1-2-20-12-15-14-11(21-12)13-7-10(17)8-4-3-5-9(6-8)16(18)19/h3-6H,2,7H2,1H3,(H,13,14). The van der Waals surface area contributed by atoms with Crippen LogP contribution >= 0.6 is 23.1 Å². The van der Waals surface area contributed by atoms with Crippen molar-refractivity contribution in [3.8, 4) is 0 Å². The number of nitrogens with zero attached hydrogens (tertiary/aromatic N) is 3. The van der Waals surface area contributed by atoms with Gasteiger partial charge in [0.2, 0.25) is 5.13 Å². The molecule has 0 fully saturated rings. The first-order chi connectivity index (χ1) is 10.1. The highest BCUT2D eigenvalue weighted by Crippen LogP contribution is 2.24. The fourth-order valence-corrected chi connectivity index (χ4v) is 3.16. The summed E-state index contributed by atoms with van der Waals surface area (Å²) in [7, 11) is 0. The molecule has 1 aromatic heterocycles. The lowest BCUT2D eigenvalue weighted by Gasteiger charge is -2.01. The van der Waals surface area contributed by atoms with Gasteiger partial charge in [0.1, 0.15) is 0 Å². The van der Waals surface area contributed by atoms with Gasteiger partial charge in [-0.15, -0.1) is 10.2 Å². The molecule has 21 heavy (non-hydrogen) atoms. The van der Waals surface area contributed by atoms with Gasteiger partial charge >= 0.3 is 0 Å². The van der Waals surface area contributed by atoms with Gasteiger partial charge in [-0.05, 0) is 5.75 Å². The Labute approximate surface area is 128 Å². The van der Waals surface area contributed by atoms with Crippen molar-refractivity contribution in [2.75, 3.05) is 17.6 Å². The summed E-state index contributed by atoms with van der Waals surface area (Å²) >= 11 is 2.95. The molecule has 0 spiro atoms. The maximum Gasteiger partial charge on any atom is 0.270 e. The lowest BCUT2D eigenvalue weighted by Crippen LogP contribution is -2.14. The van der Waals surface area contributed by atoms with Gasteiger partial charge in [0.05, 0.1) is 11.5 Å². The average Bonchev–Trinajstić information content (AvgIpc) is 2.93. The molecule has 2 aromatic rings. The van der Waals surface area contributed by atoms with Crippen molar-refractivity contribution in [1.29, 1.82) is 0 Å². The van der Waals surface area contributed by atoms with Crippen LogP contribution in [-0.2, 0) is 0 Å². The molecule has 1 aromatic carbocycles. The molecule has 0 amide bonds. The Balaban J connectivity index is 1.97. The second-order valence-corrected chi connectivity index (χ2v) is 6.38. The average molecular weight is 324 g/mol. The fraction of sp³-hybridized carbons (Fsp3) is 0.250. The molecule has 1 N–H and O–H groups in total. The van der Waals surface area contributed by atoms with E-state index in [1.54, 1.807) is 17.8 Å². The Kier molecular flexibility index (Phi) is 5.23. The lowest BCUT2D eigenvalue weighted by molar-refractivity contribution is -0.384. The Morgan fingerprint density at radius 3 is 3.00 bits per heavy atom. The molecule has 0 aliphatic heterocycles. The Morgan fingerprint density at radius 1 is 1.48 bits per heavy atom. The van der Waals surface area contributed by atoms with Gasteiger partial charge in [0.15, 0.2) is 10.1 Å². The molecule has 0 saturated heterocycles. The maximum atomic E-state index is 12.0. The molecule has 0 bridgehead atoms. The third kappa shape index (κ3) is 4.23. The van der Waals surface area contributed by atoms with E-state index in [0.717, 1.165) is 10.1 Å². The van der Waals surface area contributed by atoms with Gasteiger partial charge in [-0.2, -0.15) is 0 Å². The van der Waals surface area contributed by atoms with Crippen molar-refractivity contribution in [3.05, 3.63) is 39.9 Å². The summed E-state index contributed by atoms with van der Waals surface area (Å²) in [5.74, 6) is 0.667. The van der Waals surface area contributed by atoms with Gasteiger partial charge < -0.3 is 5.32 Å². The number of hydrogen-bond acceptors (Lipinski definition) is 8. The van der Waals surface area contributed by atoms with E-state index in [1.807, 2.05) is 6.92 Å². The molecule has 0 atom stereocenters. The highest BCUT2D eigenvalue weighted by Gasteiger charge is 2.12. The van der Waals surface area contributed by atoms with E-state index in [-0.39, 0.29) is 18.0 Å². The second-order valence-electron chi connectivity index (χ2n) is 3.89. The molecule has 0 aliphatic rings. The zero-order chi connectivity index (χ0) is 15.2. The summed E-state index contributed by atoms with van der Waals surface area (Å²) in [5, 5.41) is 22.0. The number of thioether (sulfide) groups is 1. The van der Waals surface area contributed by atoms with Crippen LogP contribution in [0.25, 0.3) is 0 Å². The number of nitro groups is 1. The van der Waals surface area contributed by atoms with Crippen LogP contribution in [0.5, 0.6) is 0 Å². The Bertz CT molecular complexity index is 659. The maximum absolute atomic E-state index is 12.0. The topological polar surface area (TPSA) is 98.0 Å². The van der Waals surface area contributed by atoms with Crippen LogP contribution in [0.3, 0.4) is 0 Å². The van der Waals surface area contributed by atoms with Gasteiger partial charge in [0.25, 0.3) is 5.69 Å². The molecule has 0 aliphatic carbocycles. The number of anilines is 1. The second kappa shape index (κ2) is 7.14. The van der Waals surface area contributed by atoms with Crippen molar-refractivity contribution in [3.63, 3.8) is 0 Å². The molecular weight excluding hydrogens is 312 g/mol. The monoisotopic (exact) mass is 324 g/mol. The molecular formula is C12H12N4O3S2. The summed E-state index contributed by atoms with van der Waals surface area (Å²) in [6.07, 6.45) is 0. The van der Waals surface area contributed by atoms with Gasteiger partial charge in [-0.1, -0.05) is 42.2 Å². The number of aromatic nitrogens is 2. The SMILES string of the molecule is CCSc1nnc(NCC(=O)c2cccc([N+](=O)[O-])c2)s1. The molecule has 0 radical (unpaired) electrons. The van der Waals surface area contributed by atoms with Gasteiger partial charge in [-0.3, -0.25) is 14.9 Å². The van der Waals surface area contributed by atoms with Crippen molar-refractivity contribution in [2.45, 2.75) is 11.3 Å². The number of rotatable bonds is 7. The summed E-state index contributed by atoms with van der Waals surface area (Å²) in [6.45, 7) is 2.04. The summed E-state index contributed by atoms with van der Waals surface area (Å²) in [6, 6.07) is 5.66. The number of nitro benzene ring substituents is 1. The number of nitrogens with one attached hydrogen (secondary N) is 1. The summed E-state index contributed by atoms with van der Waals surface area (Å²) < 4.78 is 0.836. The molecule has 0 saturated carbocycles. The lowest BCUT2D eigenvalue weighted by atomic mass is 10.1. The van der Waals surface area contributed by atoms with Crippen molar-refractivity contribution in [1.82, 2.24) is 10.2 Å². The molecule has 0 unspecified atom stereocenters. The Hall–Kier alpha value is -2.00. The van der Waals surface area contributed by atoms with Crippen molar-refractivity contribution >= 4 is 39.7 Å². The van der Waals surface area contributed by atoms with E-state index in [0.29, 0.717) is 10.7 Å². The van der Waals surface area contributed by atoms with E-state index >= 15 is 0 Å². The molecule has 9 heteroatoms. The van der Waals surface area contributed by atoms with Crippen molar-refractivity contribution in [2.24, 2.45) is 0 Å². The zero-order valence-corrected chi connectivity index (χ0v) is 12.7. The summed E-state index contributed by atoms with van der Waals surface area (Å²) in [4.78, 5) is 22.1. The number of hydrogen-bond donors (Lipinski definition) is 1. The first-order valence-corrected chi connectivity index (χ1v) is 7.88. The van der Waals surface area contributed by atoms with E-state index in [4.69, 9.17) is 0 Å². The quantitative estimate of drug-likeness (QED) is 0.362. The number of carbonyl (C=O) groups is 1. The van der Waals surface area contributed by atoms with E-state index in [1.165, 1.54) is 29.5 Å². The van der Waals surface area contributed by atoms with E-state index in [9.17, 15) is 14.9 Å². The van der Waals surface area contributed by atoms with Gasteiger partial charge in [-0.25, -0.2) is 0 Å². The Morgan fingerprint density at radius 2 is 2.29 bits per heavy atom. The number of non-ortho nitro benzene ring substituents is 1. The van der Waals surface area contributed by atoms with Crippen LogP contribution in [0.4, 0.5) is 10.8 Å². The van der Waals surface area contributed by atoms with Gasteiger partial charge in [0, 0.05) is 17.7 Å². The van der Waals surface area contributed by atoms with Crippen LogP contribution in [-0.4, -0.2) is 33.2 Å². The highest BCUT2D eigenvalue weighted by molar-refractivity contribution is 8.01. The predicted octanol–water partition coefficient (Wildman–Crippen LogP) is 2.85. The first-order valence-electron chi connectivity index (χ1n) is 6.08. The number of carbonyl (C=O) groups excluding carboxylic acids is 1. The summed E-state index contributed by atoms with van der Waals surface area (Å²) in [5.41, 5.74) is 0.197. The third-order valence-corrected chi connectivity index (χ3v) is 4.35. The number of Topliss-reactive ketones (excluding diaryl/α,β-unsaturated/α-hetero) is 1.